The Kier molecular flexibility index (Phi) is 5.80. The van der Waals surface area contributed by atoms with E-state index in [4.69, 9.17) is 0 Å². The molecule has 0 bridgehead atoms. The fraction of sp³-hybridized carbons (Fsp3) is 0.579. The minimum atomic E-state index is -0.541. The molecule has 23 heavy (non-hydrogen) atoms. The molecule has 1 fully saturated rings. The molecule has 0 aromatic heterocycles. The zero-order valence-electron chi connectivity index (χ0n) is 14.7. The van der Waals surface area contributed by atoms with Crippen LogP contribution in [0, 0.1) is 20.8 Å². The Hall–Kier alpha value is -1.84. The van der Waals surface area contributed by atoms with Crippen molar-refractivity contribution in [2.75, 3.05) is 0 Å². The molecule has 0 unspecified atom stereocenters. The van der Waals surface area contributed by atoms with Crippen molar-refractivity contribution < 1.29 is 9.59 Å². The normalized spacial score (nSPS) is 16.7. The van der Waals surface area contributed by atoms with E-state index in [1.807, 2.05) is 13.8 Å². The summed E-state index contributed by atoms with van der Waals surface area (Å²) in [7, 11) is 0. The SMILES string of the molecule is Cc1cc(C)c([C@@H](C)NC(=O)C(=O)NC2CCCCC2)cc1C. The van der Waals surface area contributed by atoms with Crippen LogP contribution in [-0.2, 0) is 9.59 Å². The van der Waals surface area contributed by atoms with Crippen LogP contribution >= 0.6 is 0 Å². The number of rotatable bonds is 3. The highest BCUT2D eigenvalue weighted by Gasteiger charge is 2.22. The van der Waals surface area contributed by atoms with E-state index in [1.165, 1.54) is 17.5 Å². The number of hydrogen-bond acceptors (Lipinski definition) is 2. The maximum Gasteiger partial charge on any atom is 0.309 e. The summed E-state index contributed by atoms with van der Waals surface area (Å²) in [5.74, 6) is -1.05. The van der Waals surface area contributed by atoms with Crippen molar-refractivity contribution in [1.82, 2.24) is 10.6 Å². The molecule has 4 nitrogen and oxygen atoms in total. The molecule has 1 saturated carbocycles. The van der Waals surface area contributed by atoms with Crippen molar-refractivity contribution in [3.05, 3.63) is 34.4 Å². The summed E-state index contributed by atoms with van der Waals surface area (Å²) in [6.07, 6.45) is 5.44. The van der Waals surface area contributed by atoms with E-state index >= 15 is 0 Å². The molecule has 1 aliphatic carbocycles. The Morgan fingerprint density at radius 2 is 1.57 bits per heavy atom. The molecule has 2 N–H and O–H groups in total. The second-order valence-electron chi connectivity index (χ2n) is 6.80. The second kappa shape index (κ2) is 7.62. The first-order valence-electron chi connectivity index (χ1n) is 8.57. The molecule has 4 heteroatoms. The predicted octanol–water partition coefficient (Wildman–Crippen LogP) is 3.24. The Morgan fingerprint density at radius 1 is 0.957 bits per heavy atom. The van der Waals surface area contributed by atoms with Gasteiger partial charge in [0.25, 0.3) is 0 Å². The molecular formula is C19H28N2O2. The summed E-state index contributed by atoms with van der Waals surface area (Å²) >= 11 is 0. The van der Waals surface area contributed by atoms with Crippen LogP contribution in [0.15, 0.2) is 12.1 Å². The monoisotopic (exact) mass is 316 g/mol. The molecule has 1 aliphatic rings. The second-order valence-corrected chi connectivity index (χ2v) is 6.80. The van der Waals surface area contributed by atoms with E-state index in [1.54, 1.807) is 0 Å². The molecular weight excluding hydrogens is 288 g/mol. The molecule has 1 aromatic carbocycles. The van der Waals surface area contributed by atoms with Crippen molar-refractivity contribution in [2.45, 2.75) is 71.9 Å². The Bertz CT molecular complexity index is 589. The fourth-order valence-corrected chi connectivity index (χ4v) is 3.29. The van der Waals surface area contributed by atoms with E-state index in [0.29, 0.717) is 0 Å². The number of amides is 2. The van der Waals surface area contributed by atoms with E-state index in [0.717, 1.165) is 36.8 Å². The van der Waals surface area contributed by atoms with Crippen molar-refractivity contribution in [1.29, 1.82) is 0 Å². The summed E-state index contributed by atoms with van der Waals surface area (Å²) in [6, 6.07) is 4.18. The largest absolute Gasteiger partial charge is 0.345 e. The summed E-state index contributed by atoms with van der Waals surface area (Å²) in [6.45, 7) is 8.09. The van der Waals surface area contributed by atoms with Crippen LogP contribution in [0.1, 0.15) is 67.3 Å². The lowest BCUT2D eigenvalue weighted by Gasteiger charge is -2.23. The van der Waals surface area contributed by atoms with E-state index in [2.05, 4.69) is 36.6 Å². The Morgan fingerprint density at radius 3 is 2.22 bits per heavy atom. The summed E-state index contributed by atoms with van der Waals surface area (Å²) < 4.78 is 0. The van der Waals surface area contributed by atoms with E-state index in [9.17, 15) is 9.59 Å². The molecule has 1 atom stereocenters. The maximum absolute atomic E-state index is 12.1. The number of carbonyl (C=O) groups excluding carboxylic acids is 2. The molecule has 2 rings (SSSR count). The minimum Gasteiger partial charge on any atom is -0.345 e. The van der Waals surface area contributed by atoms with Gasteiger partial charge in [-0.3, -0.25) is 9.59 Å². The number of benzene rings is 1. The van der Waals surface area contributed by atoms with Crippen LogP contribution < -0.4 is 10.6 Å². The number of nitrogens with one attached hydrogen (secondary N) is 2. The van der Waals surface area contributed by atoms with Crippen molar-refractivity contribution in [3.8, 4) is 0 Å². The van der Waals surface area contributed by atoms with Crippen molar-refractivity contribution in [3.63, 3.8) is 0 Å². The smallest absolute Gasteiger partial charge is 0.309 e. The standard InChI is InChI=1S/C19H28N2O2/c1-12-10-14(3)17(11-13(12)2)15(4)20-18(22)19(23)21-16-8-6-5-7-9-16/h10-11,15-16H,5-9H2,1-4H3,(H,20,22)(H,21,23)/t15-/m1/s1. The molecule has 126 valence electrons. The summed E-state index contributed by atoms with van der Waals surface area (Å²) in [5.41, 5.74) is 4.62. The van der Waals surface area contributed by atoms with Gasteiger partial charge in [-0.1, -0.05) is 31.4 Å². The van der Waals surface area contributed by atoms with Gasteiger partial charge in [0.15, 0.2) is 0 Å². The van der Waals surface area contributed by atoms with Gasteiger partial charge in [-0.25, -0.2) is 0 Å². The Balaban J connectivity index is 1.96. The molecule has 0 aliphatic heterocycles. The molecule has 0 spiro atoms. The zero-order valence-corrected chi connectivity index (χ0v) is 14.7. The number of hydrogen-bond donors (Lipinski definition) is 2. The van der Waals surface area contributed by atoms with Gasteiger partial charge in [-0.15, -0.1) is 0 Å². The number of carbonyl (C=O) groups is 2. The van der Waals surface area contributed by atoms with Crippen LogP contribution in [0.5, 0.6) is 0 Å². The third kappa shape index (κ3) is 4.57. The summed E-state index contributed by atoms with van der Waals surface area (Å²) in [4.78, 5) is 24.2. The van der Waals surface area contributed by atoms with Gasteiger partial charge in [0, 0.05) is 6.04 Å². The highest BCUT2D eigenvalue weighted by Crippen LogP contribution is 2.21. The van der Waals surface area contributed by atoms with Gasteiger partial charge < -0.3 is 10.6 Å². The van der Waals surface area contributed by atoms with Gasteiger partial charge in [-0.2, -0.15) is 0 Å². The third-order valence-corrected chi connectivity index (χ3v) is 4.84. The lowest BCUT2D eigenvalue weighted by molar-refractivity contribution is -0.140. The average Bonchev–Trinajstić information content (AvgIpc) is 2.51. The van der Waals surface area contributed by atoms with Crippen LogP contribution in [0.4, 0.5) is 0 Å². The molecule has 0 radical (unpaired) electrons. The Labute approximate surface area is 139 Å². The van der Waals surface area contributed by atoms with E-state index < -0.39 is 11.8 Å². The van der Waals surface area contributed by atoms with Gasteiger partial charge in [0.1, 0.15) is 0 Å². The van der Waals surface area contributed by atoms with Crippen molar-refractivity contribution in [2.24, 2.45) is 0 Å². The molecule has 0 saturated heterocycles. The van der Waals surface area contributed by atoms with Gasteiger partial charge in [-0.05, 0) is 62.8 Å². The maximum atomic E-state index is 12.1. The van der Waals surface area contributed by atoms with Gasteiger partial charge in [0.05, 0.1) is 6.04 Å². The highest BCUT2D eigenvalue weighted by atomic mass is 16.2. The fourth-order valence-electron chi connectivity index (χ4n) is 3.29. The molecule has 0 heterocycles. The first-order chi connectivity index (χ1) is 10.9. The molecule has 2 amide bonds. The lowest BCUT2D eigenvalue weighted by atomic mass is 9.95. The van der Waals surface area contributed by atoms with Crippen LogP contribution in [0.25, 0.3) is 0 Å². The first kappa shape index (κ1) is 17.5. The topological polar surface area (TPSA) is 58.2 Å². The van der Waals surface area contributed by atoms with Gasteiger partial charge in [0.2, 0.25) is 0 Å². The number of aryl methyl sites for hydroxylation is 3. The summed E-state index contributed by atoms with van der Waals surface area (Å²) in [5, 5.41) is 5.68. The average molecular weight is 316 g/mol. The molecule has 1 aromatic rings. The predicted molar refractivity (Wildman–Crippen MR) is 92.2 cm³/mol. The highest BCUT2D eigenvalue weighted by molar-refractivity contribution is 6.35. The first-order valence-corrected chi connectivity index (χ1v) is 8.57. The van der Waals surface area contributed by atoms with Crippen LogP contribution in [-0.4, -0.2) is 17.9 Å². The third-order valence-electron chi connectivity index (χ3n) is 4.84. The van der Waals surface area contributed by atoms with Crippen LogP contribution in [0.2, 0.25) is 0 Å². The minimum absolute atomic E-state index is 0.153. The zero-order chi connectivity index (χ0) is 17.0. The van der Waals surface area contributed by atoms with Crippen molar-refractivity contribution >= 4 is 11.8 Å². The lowest BCUT2D eigenvalue weighted by Crippen LogP contribution is -2.45. The van der Waals surface area contributed by atoms with E-state index in [-0.39, 0.29) is 12.1 Å². The quantitative estimate of drug-likeness (QED) is 0.841. The van der Waals surface area contributed by atoms with Crippen LogP contribution in [0.3, 0.4) is 0 Å². The van der Waals surface area contributed by atoms with Gasteiger partial charge >= 0.3 is 11.8 Å².